The van der Waals surface area contributed by atoms with E-state index in [1.54, 1.807) is 0 Å². The Morgan fingerprint density at radius 1 is 1.08 bits per heavy atom. The average molecular weight is 440 g/mol. The number of rotatable bonds is 6. The van der Waals surface area contributed by atoms with E-state index < -0.39 is 42.1 Å². The van der Waals surface area contributed by atoms with E-state index in [1.165, 1.54) is 32.0 Å². The zero-order valence-electron chi connectivity index (χ0n) is 13.7. The van der Waals surface area contributed by atoms with Gasteiger partial charge in [0.05, 0.1) is 11.0 Å². The zero-order chi connectivity index (χ0) is 19.7. The lowest BCUT2D eigenvalue weighted by molar-refractivity contribution is 0.581. The van der Waals surface area contributed by atoms with E-state index in [1.807, 2.05) is 4.72 Å². The second-order valence-electron chi connectivity index (χ2n) is 5.68. The van der Waals surface area contributed by atoms with Gasteiger partial charge in [0, 0.05) is 16.1 Å². The van der Waals surface area contributed by atoms with Gasteiger partial charge in [0.1, 0.15) is 0 Å². The lowest BCUT2D eigenvalue weighted by Crippen LogP contribution is -2.24. The molecular weight excluding hydrogens is 425 g/mol. The standard InChI is InChI=1S/C14H15Cl2N3O5S2/c1-8(2)26(23,24)13-6-12(20)14(18-17-13)19-25(21,22)7-9-3-10(15)5-11(16)4-9/h3-6,8H,7H2,1-2H3,(H,17,20)(H,18,19). The molecule has 1 heterocycles. The number of benzene rings is 1. The monoisotopic (exact) mass is 439 g/mol. The van der Waals surface area contributed by atoms with Crippen molar-refractivity contribution >= 4 is 48.9 Å². The summed E-state index contributed by atoms with van der Waals surface area (Å²) in [5.41, 5.74) is -0.568. The fraction of sp³-hybridized carbons (Fsp3) is 0.286. The molecule has 0 saturated heterocycles. The molecule has 0 aliphatic carbocycles. The molecule has 0 fully saturated rings. The van der Waals surface area contributed by atoms with Crippen LogP contribution in [-0.2, 0) is 25.6 Å². The predicted molar refractivity (Wildman–Crippen MR) is 99.9 cm³/mol. The molecule has 0 atom stereocenters. The summed E-state index contributed by atoms with van der Waals surface area (Å²) < 4.78 is 50.5. The second kappa shape index (κ2) is 7.55. The molecule has 142 valence electrons. The number of anilines is 1. The summed E-state index contributed by atoms with van der Waals surface area (Å²) in [5, 5.41) is 5.10. The lowest BCUT2D eigenvalue weighted by atomic mass is 10.2. The van der Waals surface area contributed by atoms with Crippen LogP contribution in [0.15, 0.2) is 34.1 Å². The number of sulfonamides is 1. The topological polar surface area (TPSA) is 126 Å². The fourth-order valence-corrected chi connectivity index (χ4v) is 4.60. The summed E-state index contributed by atoms with van der Waals surface area (Å²) in [5.74, 6) is -1.04. The number of aromatic nitrogens is 2. The van der Waals surface area contributed by atoms with Gasteiger partial charge in [0.2, 0.25) is 21.3 Å². The normalized spacial score (nSPS) is 12.3. The van der Waals surface area contributed by atoms with Gasteiger partial charge in [-0.3, -0.25) is 14.6 Å². The summed E-state index contributed by atoms with van der Waals surface area (Å²) in [6.07, 6.45) is 0. The van der Waals surface area contributed by atoms with Gasteiger partial charge in [-0.2, -0.15) is 5.10 Å². The molecule has 1 aromatic heterocycles. The summed E-state index contributed by atoms with van der Waals surface area (Å²) in [6.45, 7) is 2.89. The number of sulfone groups is 1. The molecule has 8 nitrogen and oxygen atoms in total. The van der Waals surface area contributed by atoms with Crippen molar-refractivity contribution < 1.29 is 16.8 Å². The van der Waals surface area contributed by atoms with Crippen LogP contribution in [0.1, 0.15) is 19.4 Å². The fourth-order valence-electron chi connectivity index (χ4n) is 1.96. The summed E-state index contributed by atoms with van der Waals surface area (Å²) in [4.78, 5) is 12.0. The largest absolute Gasteiger partial charge is 0.286 e. The highest BCUT2D eigenvalue weighted by Crippen LogP contribution is 2.21. The first-order chi connectivity index (χ1) is 11.9. The van der Waals surface area contributed by atoms with Crippen molar-refractivity contribution in [2.24, 2.45) is 0 Å². The average Bonchev–Trinajstić information content (AvgIpc) is 2.47. The highest BCUT2D eigenvalue weighted by Gasteiger charge is 2.22. The van der Waals surface area contributed by atoms with Crippen molar-refractivity contribution in [2.45, 2.75) is 29.9 Å². The third kappa shape index (κ3) is 4.97. The minimum atomic E-state index is -4.01. The molecule has 0 unspecified atom stereocenters. The molecule has 12 heteroatoms. The first kappa shape index (κ1) is 20.7. The smallest absolute Gasteiger partial charge is 0.238 e. The van der Waals surface area contributed by atoms with Gasteiger partial charge >= 0.3 is 0 Å². The van der Waals surface area contributed by atoms with E-state index in [0.29, 0.717) is 5.56 Å². The quantitative estimate of drug-likeness (QED) is 0.709. The Morgan fingerprint density at radius 3 is 2.15 bits per heavy atom. The molecule has 1 aromatic carbocycles. The molecule has 2 rings (SSSR count). The highest BCUT2D eigenvalue weighted by molar-refractivity contribution is 7.92. The maximum Gasteiger partial charge on any atom is 0.238 e. The van der Waals surface area contributed by atoms with Crippen LogP contribution in [0.2, 0.25) is 10.0 Å². The maximum atomic E-state index is 12.2. The van der Waals surface area contributed by atoms with Crippen LogP contribution in [0, 0.1) is 0 Å². The van der Waals surface area contributed by atoms with Crippen LogP contribution < -0.4 is 10.2 Å². The van der Waals surface area contributed by atoms with Crippen LogP contribution in [0.3, 0.4) is 0 Å². The second-order valence-corrected chi connectivity index (χ2v) is 10.7. The number of hydrogen-bond acceptors (Lipinski definition) is 6. The number of H-pyrrole nitrogens is 1. The van der Waals surface area contributed by atoms with Crippen molar-refractivity contribution in [3.05, 3.63) is 50.1 Å². The minimum Gasteiger partial charge on any atom is -0.286 e. The van der Waals surface area contributed by atoms with Crippen LogP contribution in [0.4, 0.5) is 5.82 Å². The Hall–Kier alpha value is -1.62. The summed E-state index contributed by atoms with van der Waals surface area (Å²) in [7, 11) is -7.75. The summed E-state index contributed by atoms with van der Waals surface area (Å²) in [6, 6.07) is 5.08. The predicted octanol–water partition coefficient (Wildman–Crippen LogP) is 2.20. The molecule has 26 heavy (non-hydrogen) atoms. The van der Waals surface area contributed by atoms with Gasteiger partial charge in [0.15, 0.2) is 14.9 Å². The molecule has 0 spiro atoms. The van der Waals surface area contributed by atoms with Crippen molar-refractivity contribution in [3.8, 4) is 0 Å². The van der Waals surface area contributed by atoms with Gasteiger partial charge in [-0.05, 0) is 37.6 Å². The van der Waals surface area contributed by atoms with Gasteiger partial charge in [-0.15, -0.1) is 0 Å². The first-order valence-corrected chi connectivity index (χ1v) is 11.2. The molecule has 2 aromatic rings. The molecule has 0 bridgehead atoms. The molecule has 2 N–H and O–H groups in total. The molecule has 0 saturated carbocycles. The van der Waals surface area contributed by atoms with E-state index in [4.69, 9.17) is 23.2 Å². The third-order valence-corrected chi connectivity index (χ3v) is 6.95. The Morgan fingerprint density at radius 2 is 1.65 bits per heavy atom. The van der Waals surface area contributed by atoms with E-state index in [2.05, 4.69) is 10.2 Å². The Bertz CT molecular complexity index is 1080. The van der Waals surface area contributed by atoms with Gasteiger partial charge < -0.3 is 0 Å². The van der Waals surface area contributed by atoms with Crippen LogP contribution in [0.25, 0.3) is 0 Å². The number of nitrogens with zero attached hydrogens (tertiary/aromatic N) is 1. The minimum absolute atomic E-state index is 0.266. The van der Waals surface area contributed by atoms with Crippen molar-refractivity contribution in [1.82, 2.24) is 10.2 Å². The number of aromatic amines is 1. The van der Waals surface area contributed by atoms with E-state index in [9.17, 15) is 21.6 Å². The number of halogens is 2. The Kier molecular flexibility index (Phi) is 6.01. The van der Waals surface area contributed by atoms with E-state index >= 15 is 0 Å². The molecule has 0 aliphatic heterocycles. The van der Waals surface area contributed by atoms with Gasteiger partial charge in [-0.25, -0.2) is 16.8 Å². The lowest BCUT2D eigenvalue weighted by Gasteiger charge is -2.09. The highest BCUT2D eigenvalue weighted by atomic mass is 35.5. The number of hydrogen-bond donors (Lipinski definition) is 2. The third-order valence-electron chi connectivity index (χ3n) is 3.23. The Balaban J connectivity index is 2.28. The summed E-state index contributed by atoms with van der Waals surface area (Å²) >= 11 is 11.7. The van der Waals surface area contributed by atoms with Gasteiger partial charge in [-0.1, -0.05) is 23.2 Å². The SMILES string of the molecule is CC(C)S(=O)(=O)c1cc(=O)c(NS(=O)(=O)Cc2cc(Cl)cc(Cl)c2)n[nH]1. The van der Waals surface area contributed by atoms with Crippen molar-refractivity contribution in [2.75, 3.05) is 4.72 Å². The van der Waals surface area contributed by atoms with Crippen molar-refractivity contribution in [1.29, 1.82) is 0 Å². The van der Waals surface area contributed by atoms with E-state index in [-0.39, 0.29) is 15.1 Å². The van der Waals surface area contributed by atoms with Crippen LogP contribution >= 0.6 is 23.2 Å². The van der Waals surface area contributed by atoms with Crippen LogP contribution in [0.5, 0.6) is 0 Å². The molecule has 0 aliphatic rings. The zero-order valence-corrected chi connectivity index (χ0v) is 16.8. The van der Waals surface area contributed by atoms with Gasteiger partial charge in [0.25, 0.3) is 0 Å². The van der Waals surface area contributed by atoms with Crippen molar-refractivity contribution in [3.63, 3.8) is 0 Å². The molecule has 0 amide bonds. The molecule has 0 radical (unpaired) electrons. The Labute approximate surface area is 160 Å². The molecular formula is C14H15Cl2N3O5S2. The first-order valence-electron chi connectivity index (χ1n) is 7.20. The maximum absolute atomic E-state index is 12.2. The van der Waals surface area contributed by atoms with Crippen LogP contribution in [-0.4, -0.2) is 32.3 Å². The number of nitrogens with one attached hydrogen (secondary N) is 2. The van der Waals surface area contributed by atoms with E-state index in [0.717, 1.165) is 6.07 Å².